The maximum absolute atomic E-state index is 11.3. The molecule has 1 atom stereocenters. The summed E-state index contributed by atoms with van der Waals surface area (Å²) in [6, 6.07) is 0. The van der Waals surface area contributed by atoms with Gasteiger partial charge in [-0.3, -0.25) is 4.79 Å². The van der Waals surface area contributed by atoms with Crippen molar-refractivity contribution in [3.63, 3.8) is 0 Å². The Bertz CT molecular complexity index is 406. The molecule has 2 N–H and O–H groups in total. The molecule has 100 valence electrons. The Hall–Kier alpha value is -1.32. The maximum Gasteiger partial charge on any atom is 0.314 e. The van der Waals surface area contributed by atoms with Gasteiger partial charge in [-0.2, -0.15) is 0 Å². The van der Waals surface area contributed by atoms with Gasteiger partial charge < -0.3 is 10.1 Å². The summed E-state index contributed by atoms with van der Waals surface area (Å²) in [5.41, 5.74) is 1.12. The zero-order chi connectivity index (χ0) is 13.1. The minimum Gasteiger partial charge on any atom is -0.481 e. The molecular weight excluding hydrogens is 228 g/mol. The van der Waals surface area contributed by atoms with E-state index in [9.17, 15) is 9.90 Å². The van der Waals surface area contributed by atoms with Gasteiger partial charge in [0, 0.05) is 17.8 Å². The van der Waals surface area contributed by atoms with Crippen molar-refractivity contribution in [2.24, 2.45) is 5.92 Å². The van der Waals surface area contributed by atoms with Crippen LogP contribution in [0.1, 0.15) is 69.3 Å². The Morgan fingerprint density at radius 3 is 2.61 bits per heavy atom. The van der Waals surface area contributed by atoms with Gasteiger partial charge in [-0.25, -0.2) is 4.98 Å². The summed E-state index contributed by atoms with van der Waals surface area (Å²) in [5, 5.41) is 9.26. The van der Waals surface area contributed by atoms with Gasteiger partial charge in [0.2, 0.25) is 0 Å². The predicted octanol–water partition coefficient (Wildman–Crippen LogP) is 3.28. The molecule has 1 aliphatic carbocycles. The van der Waals surface area contributed by atoms with Gasteiger partial charge in [0.15, 0.2) is 0 Å². The minimum atomic E-state index is -0.797. The first-order valence-corrected chi connectivity index (χ1v) is 6.87. The number of hydrogen-bond donors (Lipinski definition) is 2. The SMILES string of the molecule is CC(C)C(C(=O)O)c1ncc(C2CCCCC2)[nH]1. The number of aliphatic carboxylic acids is 1. The first-order valence-electron chi connectivity index (χ1n) is 6.87. The van der Waals surface area contributed by atoms with Gasteiger partial charge in [0.25, 0.3) is 0 Å². The molecule has 0 aliphatic heterocycles. The van der Waals surface area contributed by atoms with Crippen LogP contribution in [-0.2, 0) is 4.79 Å². The molecule has 0 amide bonds. The molecule has 0 radical (unpaired) electrons. The van der Waals surface area contributed by atoms with Crippen molar-refractivity contribution in [1.29, 1.82) is 0 Å². The van der Waals surface area contributed by atoms with Crippen LogP contribution in [0.15, 0.2) is 6.20 Å². The minimum absolute atomic E-state index is 0.0489. The monoisotopic (exact) mass is 250 g/mol. The Kier molecular flexibility index (Phi) is 4.04. The van der Waals surface area contributed by atoms with Crippen LogP contribution in [0.25, 0.3) is 0 Å². The number of carboxylic acid groups (broad SMARTS) is 1. The average Bonchev–Trinajstić information content (AvgIpc) is 2.78. The first-order chi connectivity index (χ1) is 8.59. The zero-order valence-electron chi connectivity index (χ0n) is 11.1. The highest BCUT2D eigenvalue weighted by atomic mass is 16.4. The third-order valence-corrected chi connectivity index (χ3v) is 3.89. The van der Waals surface area contributed by atoms with E-state index in [1.54, 1.807) is 0 Å². The number of nitrogens with zero attached hydrogens (tertiary/aromatic N) is 1. The summed E-state index contributed by atoms with van der Waals surface area (Å²) >= 11 is 0. The normalized spacial score (nSPS) is 19.1. The number of rotatable bonds is 4. The smallest absolute Gasteiger partial charge is 0.314 e. The molecule has 1 unspecified atom stereocenters. The lowest BCUT2D eigenvalue weighted by atomic mass is 9.87. The Labute approximate surface area is 108 Å². The van der Waals surface area contributed by atoms with Gasteiger partial charge in [0.1, 0.15) is 11.7 Å². The second-order valence-electron chi connectivity index (χ2n) is 5.62. The van der Waals surface area contributed by atoms with Crippen molar-refractivity contribution >= 4 is 5.97 Å². The molecule has 0 aromatic carbocycles. The molecule has 0 bridgehead atoms. The molecule has 1 fully saturated rings. The summed E-state index contributed by atoms with van der Waals surface area (Å²) in [6.45, 7) is 3.84. The van der Waals surface area contributed by atoms with Crippen molar-refractivity contribution in [2.45, 2.75) is 57.8 Å². The lowest BCUT2D eigenvalue weighted by Crippen LogP contribution is -2.19. The third kappa shape index (κ3) is 2.74. The van der Waals surface area contributed by atoms with Crippen LogP contribution in [0, 0.1) is 5.92 Å². The van der Waals surface area contributed by atoms with E-state index in [-0.39, 0.29) is 5.92 Å². The summed E-state index contributed by atoms with van der Waals surface area (Å²) in [4.78, 5) is 18.8. The molecule has 0 saturated heterocycles. The highest BCUT2D eigenvalue weighted by Gasteiger charge is 2.27. The number of hydrogen-bond acceptors (Lipinski definition) is 2. The summed E-state index contributed by atoms with van der Waals surface area (Å²) < 4.78 is 0. The van der Waals surface area contributed by atoms with E-state index in [1.165, 1.54) is 32.1 Å². The summed E-state index contributed by atoms with van der Waals surface area (Å²) in [7, 11) is 0. The summed E-state index contributed by atoms with van der Waals surface area (Å²) in [5.74, 6) is -0.121. The van der Waals surface area contributed by atoms with Gasteiger partial charge in [-0.1, -0.05) is 33.1 Å². The fourth-order valence-corrected chi connectivity index (χ4v) is 2.85. The van der Waals surface area contributed by atoms with Crippen LogP contribution < -0.4 is 0 Å². The molecule has 18 heavy (non-hydrogen) atoms. The van der Waals surface area contributed by atoms with Crippen LogP contribution in [0.3, 0.4) is 0 Å². The van der Waals surface area contributed by atoms with Crippen molar-refractivity contribution in [3.05, 3.63) is 17.7 Å². The van der Waals surface area contributed by atoms with Crippen LogP contribution in [0.5, 0.6) is 0 Å². The second kappa shape index (κ2) is 5.55. The number of carbonyl (C=O) groups is 1. The van der Waals surface area contributed by atoms with Crippen molar-refractivity contribution in [3.8, 4) is 0 Å². The number of H-pyrrole nitrogens is 1. The molecule has 1 aromatic heterocycles. The van der Waals surface area contributed by atoms with Gasteiger partial charge in [-0.15, -0.1) is 0 Å². The molecule has 4 nitrogen and oxygen atoms in total. The summed E-state index contributed by atoms with van der Waals surface area (Å²) in [6.07, 6.45) is 8.09. The second-order valence-corrected chi connectivity index (χ2v) is 5.62. The van der Waals surface area contributed by atoms with Crippen molar-refractivity contribution < 1.29 is 9.90 Å². The van der Waals surface area contributed by atoms with Crippen molar-refractivity contribution in [1.82, 2.24) is 9.97 Å². The highest BCUT2D eigenvalue weighted by molar-refractivity contribution is 5.75. The number of aromatic nitrogens is 2. The van der Waals surface area contributed by atoms with Gasteiger partial charge in [0.05, 0.1) is 0 Å². The van der Waals surface area contributed by atoms with Crippen LogP contribution in [-0.4, -0.2) is 21.0 Å². The number of nitrogens with one attached hydrogen (secondary N) is 1. The third-order valence-electron chi connectivity index (χ3n) is 3.89. The molecule has 2 rings (SSSR count). The molecule has 4 heteroatoms. The highest BCUT2D eigenvalue weighted by Crippen LogP contribution is 2.32. The topological polar surface area (TPSA) is 66.0 Å². The van der Waals surface area contributed by atoms with E-state index in [0.717, 1.165) is 5.69 Å². The van der Waals surface area contributed by atoms with Crippen LogP contribution >= 0.6 is 0 Å². The fourth-order valence-electron chi connectivity index (χ4n) is 2.85. The van der Waals surface area contributed by atoms with Crippen molar-refractivity contribution in [2.75, 3.05) is 0 Å². The maximum atomic E-state index is 11.3. The predicted molar refractivity (Wildman–Crippen MR) is 69.6 cm³/mol. The van der Waals surface area contributed by atoms with E-state index in [4.69, 9.17) is 0 Å². The quantitative estimate of drug-likeness (QED) is 0.861. The zero-order valence-corrected chi connectivity index (χ0v) is 11.1. The largest absolute Gasteiger partial charge is 0.481 e. The number of carboxylic acids is 1. The lowest BCUT2D eigenvalue weighted by molar-refractivity contribution is -0.140. The molecule has 1 aromatic rings. The molecule has 0 spiro atoms. The van der Waals surface area contributed by atoms with Gasteiger partial charge in [-0.05, 0) is 18.8 Å². The average molecular weight is 250 g/mol. The molecule has 1 aliphatic rings. The fraction of sp³-hybridized carbons (Fsp3) is 0.714. The van der Waals surface area contributed by atoms with E-state index < -0.39 is 11.9 Å². The van der Waals surface area contributed by atoms with Gasteiger partial charge >= 0.3 is 5.97 Å². The molecule has 1 heterocycles. The Balaban J connectivity index is 2.15. The first kappa shape index (κ1) is 13.1. The van der Waals surface area contributed by atoms with E-state index in [2.05, 4.69) is 9.97 Å². The van der Waals surface area contributed by atoms with E-state index in [1.807, 2.05) is 20.0 Å². The van der Waals surface area contributed by atoms with Crippen LogP contribution in [0.4, 0.5) is 0 Å². The number of aromatic amines is 1. The lowest BCUT2D eigenvalue weighted by Gasteiger charge is -2.20. The Morgan fingerprint density at radius 1 is 1.39 bits per heavy atom. The number of imidazole rings is 1. The molecular formula is C14H22N2O2. The van der Waals surface area contributed by atoms with E-state index >= 15 is 0 Å². The standard InChI is InChI=1S/C14H22N2O2/c1-9(2)12(14(17)18)13-15-8-11(16-13)10-6-4-3-5-7-10/h8-10,12H,3-7H2,1-2H3,(H,15,16)(H,17,18). The molecule has 1 saturated carbocycles. The van der Waals surface area contributed by atoms with E-state index in [0.29, 0.717) is 11.7 Å². The Morgan fingerprint density at radius 2 is 2.06 bits per heavy atom. The van der Waals surface area contributed by atoms with Crippen LogP contribution in [0.2, 0.25) is 0 Å².